The lowest BCUT2D eigenvalue weighted by Crippen LogP contribution is -1.79. The molecule has 0 unspecified atom stereocenters. The van der Waals surface area contributed by atoms with Gasteiger partial charge in [0.05, 0.1) is 5.52 Å². The number of fused-ring (bicyclic) bond motifs is 1. The van der Waals surface area contributed by atoms with E-state index in [9.17, 15) is 0 Å². The first-order valence-corrected chi connectivity index (χ1v) is 3.75. The lowest BCUT2D eigenvalue weighted by Gasteiger charge is -1.95. The Hall–Kier alpha value is -1.31. The number of rotatable bonds is 1. The van der Waals surface area contributed by atoms with Crippen LogP contribution in [0.15, 0.2) is 18.2 Å². The maximum Gasteiger partial charge on any atom is 0.121 e. The molecule has 1 aromatic carbocycles. The third kappa shape index (κ3) is 0.909. The predicted octanol–water partition coefficient (Wildman–Crippen LogP) is 1.93. The SMILES string of the molecule is CCc1cccc2[nH]n[c]c12. The van der Waals surface area contributed by atoms with E-state index >= 15 is 0 Å². The Morgan fingerprint density at radius 1 is 1.55 bits per heavy atom. The number of nitrogens with zero attached hydrogens (tertiary/aromatic N) is 1. The number of benzene rings is 1. The van der Waals surface area contributed by atoms with Crippen molar-refractivity contribution in [3.05, 3.63) is 30.0 Å². The molecule has 0 saturated heterocycles. The van der Waals surface area contributed by atoms with E-state index in [1.54, 1.807) is 0 Å². The summed E-state index contributed by atoms with van der Waals surface area (Å²) in [5.41, 5.74) is 2.38. The molecule has 55 valence electrons. The van der Waals surface area contributed by atoms with Crippen LogP contribution in [0, 0.1) is 6.20 Å². The van der Waals surface area contributed by atoms with Crippen LogP contribution in [-0.4, -0.2) is 10.2 Å². The Morgan fingerprint density at radius 2 is 2.45 bits per heavy atom. The summed E-state index contributed by atoms with van der Waals surface area (Å²) in [6.07, 6.45) is 3.97. The van der Waals surface area contributed by atoms with Gasteiger partial charge >= 0.3 is 0 Å². The van der Waals surface area contributed by atoms with E-state index in [1.807, 2.05) is 12.1 Å². The summed E-state index contributed by atoms with van der Waals surface area (Å²) in [6.45, 7) is 2.13. The molecule has 11 heavy (non-hydrogen) atoms. The maximum atomic E-state index is 3.86. The first kappa shape index (κ1) is 6.40. The predicted molar refractivity (Wildman–Crippen MR) is 44.3 cm³/mol. The number of aryl methyl sites for hydroxylation is 1. The van der Waals surface area contributed by atoms with Crippen LogP contribution in [0.5, 0.6) is 0 Å². The molecule has 1 N–H and O–H groups in total. The molecular weight excluding hydrogens is 136 g/mol. The number of aromatic amines is 1. The van der Waals surface area contributed by atoms with Crippen LogP contribution in [-0.2, 0) is 6.42 Å². The molecule has 1 heterocycles. The molecule has 2 nitrogen and oxygen atoms in total. The average Bonchev–Trinajstić information content (AvgIpc) is 2.50. The molecule has 0 spiro atoms. The quantitative estimate of drug-likeness (QED) is 0.652. The molecule has 0 bridgehead atoms. The van der Waals surface area contributed by atoms with Crippen molar-refractivity contribution < 1.29 is 0 Å². The highest BCUT2D eigenvalue weighted by Gasteiger charge is 1.98. The molecule has 0 aliphatic carbocycles. The topological polar surface area (TPSA) is 28.7 Å². The fourth-order valence-electron chi connectivity index (χ4n) is 1.26. The normalized spacial score (nSPS) is 10.6. The fraction of sp³-hybridized carbons (Fsp3) is 0.222. The van der Waals surface area contributed by atoms with Crippen LogP contribution in [0.2, 0.25) is 0 Å². The molecule has 1 radical (unpaired) electrons. The van der Waals surface area contributed by atoms with Gasteiger partial charge in [-0.05, 0) is 18.1 Å². The second-order valence-electron chi connectivity index (χ2n) is 2.53. The molecule has 2 rings (SSSR count). The molecule has 0 fully saturated rings. The van der Waals surface area contributed by atoms with Crippen molar-refractivity contribution in [3.8, 4) is 0 Å². The minimum atomic E-state index is 1.04. The van der Waals surface area contributed by atoms with E-state index in [-0.39, 0.29) is 0 Å². The molecule has 0 saturated carbocycles. The van der Waals surface area contributed by atoms with Crippen molar-refractivity contribution in [2.24, 2.45) is 0 Å². The van der Waals surface area contributed by atoms with Gasteiger partial charge in [-0.1, -0.05) is 19.1 Å². The van der Waals surface area contributed by atoms with Crippen molar-refractivity contribution >= 4 is 10.9 Å². The third-order valence-corrected chi connectivity index (χ3v) is 1.88. The summed E-state index contributed by atoms with van der Waals surface area (Å²) in [5.74, 6) is 0. The maximum absolute atomic E-state index is 3.86. The molecule has 0 aliphatic heterocycles. The Balaban J connectivity index is 2.79. The summed E-state index contributed by atoms with van der Waals surface area (Å²) in [5, 5.41) is 7.87. The first-order chi connectivity index (χ1) is 5.42. The summed E-state index contributed by atoms with van der Waals surface area (Å²) in [4.78, 5) is 0. The van der Waals surface area contributed by atoms with Gasteiger partial charge in [0.2, 0.25) is 0 Å². The highest BCUT2D eigenvalue weighted by Crippen LogP contribution is 2.15. The van der Waals surface area contributed by atoms with Crippen LogP contribution in [0.3, 0.4) is 0 Å². The summed E-state index contributed by atoms with van der Waals surface area (Å²) >= 11 is 0. The number of H-pyrrole nitrogens is 1. The number of hydrogen-bond acceptors (Lipinski definition) is 1. The first-order valence-electron chi connectivity index (χ1n) is 3.75. The summed E-state index contributed by atoms with van der Waals surface area (Å²) in [7, 11) is 0. The second-order valence-corrected chi connectivity index (χ2v) is 2.53. The van der Waals surface area contributed by atoms with Gasteiger partial charge in [0, 0.05) is 5.39 Å². The van der Waals surface area contributed by atoms with Crippen molar-refractivity contribution in [1.82, 2.24) is 10.2 Å². The zero-order chi connectivity index (χ0) is 7.68. The monoisotopic (exact) mass is 145 g/mol. The zero-order valence-electron chi connectivity index (χ0n) is 6.39. The Labute approximate surface area is 65.2 Å². The van der Waals surface area contributed by atoms with E-state index in [0.29, 0.717) is 0 Å². The van der Waals surface area contributed by atoms with E-state index in [4.69, 9.17) is 0 Å². The van der Waals surface area contributed by atoms with Gasteiger partial charge in [-0.25, -0.2) is 0 Å². The van der Waals surface area contributed by atoms with Crippen LogP contribution in [0.4, 0.5) is 0 Å². The van der Waals surface area contributed by atoms with E-state index in [2.05, 4.69) is 29.4 Å². The van der Waals surface area contributed by atoms with Crippen LogP contribution in [0.1, 0.15) is 12.5 Å². The molecule has 2 heteroatoms. The van der Waals surface area contributed by atoms with Gasteiger partial charge in [-0.2, -0.15) is 5.10 Å². The second kappa shape index (κ2) is 2.38. The lowest BCUT2D eigenvalue weighted by molar-refractivity contribution is 1.11. The van der Waals surface area contributed by atoms with Gasteiger partial charge in [-0.3, -0.25) is 5.10 Å². The smallest absolute Gasteiger partial charge is 0.121 e. The van der Waals surface area contributed by atoms with Crippen molar-refractivity contribution in [2.45, 2.75) is 13.3 Å². The Morgan fingerprint density at radius 3 is 3.27 bits per heavy atom. The van der Waals surface area contributed by atoms with Gasteiger partial charge in [0.15, 0.2) is 0 Å². The van der Waals surface area contributed by atoms with Gasteiger partial charge in [0.1, 0.15) is 6.20 Å². The van der Waals surface area contributed by atoms with Gasteiger partial charge in [-0.15, -0.1) is 0 Å². The molecular formula is C9H9N2. The fourth-order valence-corrected chi connectivity index (χ4v) is 1.26. The molecule has 0 amide bonds. The minimum absolute atomic E-state index is 1.04. The number of nitrogens with one attached hydrogen (secondary N) is 1. The molecule has 0 atom stereocenters. The van der Waals surface area contributed by atoms with E-state index < -0.39 is 0 Å². The minimum Gasteiger partial charge on any atom is -0.277 e. The zero-order valence-corrected chi connectivity index (χ0v) is 6.39. The largest absolute Gasteiger partial charge is 0.277 e. The summed E-state index contributed by atoms with van der Waals surface area (Å²) < 4.78 is 0. The highest BCUT2D eigenvalue weighted by atomic mass is 15.1. The third-order valence-electron chi connectivity index (χ3n) is 1.88. The lowest BCUT2D eigenvalue weighted by atomic mass is 10.1. The average molecular weight is 145 g/mol. The standard InChI is InChI=1S/C9H9N2/c1-2-7-4-3-5-9-8(7)6-10-11-9/h3-5H,2H2,1H3,(H,10,11). The number of aromatic nitrogens is 2. The van der Waals surface area contributed by atoms with E-state index in [0.717, 1.165) is 17.3 Å². The Kier molecular flexibility index (Phi) is 1.39. The summed E-state index contributed by atoms with van der Waals surface area (Å²) in [6, 6.07) is 6.15. The Bertz CT molecular complexity index is 362. The van der Waals surface area contributed by atoms with Crippen molar-refractivity contribution in [1.29, 1.82) is 0 Å². The van der Waals surface area contributed by atoms with Gasteiger partial charge < -0.3 is 0 Å². The molecule has 2 aromatic rings. The highest BCUT2D eigenvalue weighted by molar-refractivity contribution is 5.80. The van der Waals surface area contributed by atoms with Crippen LogP contribution in [0.25, 0.3) is 10.9 Å². The van der Waals surface area contributed by atoms with Gasteiger partial charge in [0.25, 0.3) is 0 Å². The van der Waals surface area contributed by atoms with Crippen molar-refractivity contribution in [2.75, 3.05) is 0 Å². The van der Waals surface area contributed by atoms with Crippen LogP contribution < -0.4 is 0 Å². The van der Waals surface area contributed by atoms with Crippen LogP contribution >= 0.6 is 0 Å². The van der Waals surface area contributed by atoms with Crippen molar-refractivity contribution in [3.63, 3.8) is 0 Å². The van der Waals surface area contributed by atoms with E-state index in [1.165, 1.54) is 5.56 Å². The molecule has 0 aliphatic rings. The number of hydrogen-bond donors (Lipinski definition) is 1. The molecule has 1 aromatic heterocycles.